The molecule has 1 amide bonds. The number of rotatable bonds is 3. The molecular formula is C16H25N5O2. The van der Waals surface area contributed by atoms with Crippen molar-refractivity contribution < 1.29 is 9.90 Å². The predicted octanol–water partition coefficient (Wildman–Crippen LogP) is 0.214. The summed E-state index contributed by atoms with van der Waals surface area (Å²) in [7, 11) is 3.78. The van der Waals surface area contributed by atoms with E-state index in [4.69, 9.17) is 0 Å². The lowest BCUT2D eigenvalue weighted by molar-refractivity contribution is 0.0312. The maximum atomic E-state index is 12.5. The first-order chi connectivity index (χ1) is 11.1. The topological polar surface area (TPSA) is 72.8 Å². The largest absolute Gasteiger partial charge is 0.391 e. The summed E-state index contributed by atoms with van der Waals surface area (Å²) in [4.78, 5) is 18.5. The van der Waals surface area contributed by atoms with Crippen molar-refractivity contribution in [2.45, 2.75) is 31.4 Å². The summed E-state index contributed by atoms with van der Waals surface area (Å²) < 4.78 is 0. The van der Waals surface area contributed by atoms with Crippen LogP contribution in [0.5, 0.6) is 0 Å². The number of aliphatic hydroxyl groups excluding tert-OH is 1. The molecule has 0 spiro atoms. The zero-order chi connectivity index (χ0) is 16.4. The maximum Gasteiger partial charge on any atom is 0.274 e. The lowest BCUT2D eigenvalue weighted by atomic mass is 10.1. The van der Waals surface area contributed by atoms with E-state index in [0.29, 0.717) is 18.8 Å². The molecule has 7 nitrogen and oxygen atoms in total. The quantitative estimate of drug-likeness (QED) is 0.859. The van der Waals surface area contributed by atoms with Gasteiger partial charge in [-0.05, 0) is 31.4 Å². The molecular weight excluding hydrogens is 294 g/mol. The zero-order valence-corrected chi connectivity index (χ0v) is 13.9. The highest BCUT2D eigenvalue weighted by molar-refractivity contribution is 5.92. The van der Waals surface area contributed by atoms with E-state index in [1.165, 1.54) is 0 Å². The van der Waals surface area contributed by atoms with Gasteiger partial charge in [0.15, 0.2) is 11.5 Å². The van der Waals surface area contributed by atoms with Crippen LogP contribution in [-0.2, 0) is 0 Å². The minimum atomic E-state index is -0.207. The average molecular weight is 319 g/mol. The van der Waals surface area contributed by atoms with E-state index in [0.717, 1.165) is 38.2 Å². The maximum absolute atomic E-state index is 12.5. The highest BCUT2D eigenvalue weighted by atomic mass is 16.3. The van der Waals surface area contributed by atoms with Crippen LogP contribution >= 0.6 is 0 Å². The van der Waals surface area contributed by atoms with Crippen LogP contribution in [0.2, 0.25) is 0 Å². The Labute approximate surface area is 136 Å². The van der Waals surface area contributed by atoms with Crippen LogP contribution in [0, 0.1) is 0 Å². The minimum absolute atomic E-state index is 0.0607. The highest BCUT2D eigenvalue weighted by Gasteiger charge is 2.33. The summed E-state index contributed by atoms with van der Waals surface area (Å²) in [5.41, 5.74) is 0.393. The van der Waals surface area contributed by atoms with E-state index < -0.39 is 0 Å². The third-order valence-electron chi connectivity index (χ3n) is 4.84. The molecule has 126 valence electrons. The van der Waals surface area contributed by atoms with Gasteiger partial charge in [0.1, 0.15) is 0 Å². The highest BCUT2D eigenvalue weighted by Crippen LogP contribution is 2.25. The molecule has 2 fully saturated rings. The third-order valence-corrected chi connectivity index (χ3v) is 4.84. The van der Waals surface area contributed by atoms with Crippen LogP contribution in [0.1, 0.15) is 29.8 Å². The molecule has 1 aromatic heterocycles. The fourth-order valence-electron chi connectivity index (χ4n) is 3.44. The van der Waals surface area contributed by atoms with Crippen LogP contribution < -0.4 is 4.90 Å². The van der Waals surface area contributed by atoms with Gasteiger partial charge in [-0.15, -0.1) is 10.2 Å². The van der Waals surface area contributed by atoms with Crippen LogP contribution in [0.3, 0.4) is 0 Å². The molecule has 0 unspecified atom stereocenters. The molecule has 23 heavy (non-hydrogen) atoms. The van der Waals surface area contributed by atoms with Crippen LogP contribution in [0.15, 0.2) is 12.1 Å². The molecule has 0 aromatic carbocycles. The minimum Gasteiger partial charge on any atom is -0.391 e. The molecule has 1 aliphatic heterocycles. The standard InChI is InChI=1S/C16H25N5O2/c1-19(2)15-7-6-12(17-18-15)16(23)21-10-8-20(9-11-21)13-4-3-5-14(13)22/h6-7,13-14,22H,3-5,8-11H2,1-2H3/t13-,14+/m1/s1. The second kappa shape index (κ2) is 6.80. The van der Waals surface area contributed by atoms with Crippen molar-refractivity contribution in [1.82, 2.24) is 20.0 Å². The molecule has 3 rings (SSSR count). The van der Waals surface area contributed by atoms with Crippen molar-refractivity contribution in [3.05, 3.63) is 17.8 Å². The first-order valence-electron chi connectivity index (χ1n) is 8.28. The number of nitrogens with zero attached hydrogens (tertiary/aromatic N) is 5. The van der Waals surface area contributed by atoms with Crippen molar-refractivity contribution >= 4 is 11.7 Å². The van der Waals surface area contributed by atoms with Gasteiger partial charge < -0.3 is 14.9 Å². The van der Waals surface area contributed by atoms with Crippen LogP contribution in [-0.4, -0.2) is 83.4 Å². The smallest absolute Gasteiger partial charge is 0.274 e. The van der Waals surface area contributed by atoms with Gasteiger partial charge in [-0.3, -0.25) is 9.69 Å². The van der Waals surface area contributed by atoms with E-state index >= 15 is 0 Å². The number of carbonyl (C=O) groups excluding carboxylic acids is 1. The molecule has 1 aliphatic carbocycles. The number of hydrogen-bond donors (Lipinski definition) is 1. The lowest BCUT2D eigenvalue weighted by Gasteiger charge is -2.38. The van der Waals surface area contributed by atoms with Crippen molar-refractivity contribution in [3.8, 4) is 0 Å². The van der Waals surface area contributed by atoms with Gasteiger partial charge in [-0.2, -0.15) is 0 Å². The van der Waals surface area contributed by atoms with Gasteiger partial charge in [0.2, 0.25) is 0 Å². The number of hydrogen-bond acceptors (Lipinski definition) is 6. The number of anilines is 1. The summed E-state index contributed by atoms with van der Waals surface area (Å²) in [5, 5.41) is 18.1. The summed E-state index contributed by atoms with van der Waals surface area (Å²) >= 11 is 0. The molecule has 2 atom stereocenters. The predicted molar refractivity (Wildman–Crippen MR) is 87.5 cm³/mol. The molecule has 1 aromatic rings. The number of carbonyl (C=O) groups is 1. The molecule has 0 radical (unpaired) electrons. The summed E-state index contributed by atoms with van der Waals surface area (Å²) in [5.74, 6) is 0.677. The Morgan fingerprint density at radius 2 is 1.91 bits per heavy atom. The summed E-state index contributed by atoms with van der Waals surface area (Å²) in [6.45, 7) is 2.99. The molecule has 1 saturated carbocycles. The van der Waals surface area contributed by atoms with Gasteiger partial charge in [0.25, 0.3) is 5.91 Å². The van der Waals surface area contributed by atoms with Gasteiger partial charge in [-0.1, -0.05) is 0 Å². The Balaban J connectivity index is 1.57. The normalized spacial score (nSPS) is 25.6. The van der Waals surface area contributed by atoms with Gasteiger partial charge in [0.05, 0.1) is 6.10 Å². The van der Waals surface area contributed by atoms with Crippen LogP contribution in [0.25, 0.3) is 0 Å². The molecule has 0 bridgehead atoms. The average Bonchev–Trinajstić information content (AvgIpc) is 3.00. The molecule has 2 heterocycles. The third kappa shape index (κ3) is 3.45. The Bertz CT molecular complexity index is 540. The van der Waals surface area contributed by atoms with Gasteiger partial charge in [-0.25, -0.2) is 0 Å². The molecule has 2 aliphatic rings. The lowest BCUT2D eigenvalue weighted by Crippen LogP contribution is -2.53. The Morgan fingerprint density at radius 1 is 1.17 bits per heavy atom. The van der Waals surface area contributed by atoms with Crippen LogP contribution in [0.4, 0.5) is 5.82 Å². The summed E-state index contributed by atoms with van der Waals surface area (Å²) in [6.07, 6.45) is 2.85. The number of aliphatic hydroxyl groups is 1. The van der Waals surface area contributed by atoms with Crippen molar-refractivity contribution in [1.29, 1.82) is 0 Å². The molecule has 1 N–H and O–H groups in total. The Hall–Kier alpha value is -1.73. The monoisotopic (exact) mass is 319 g/mol. The van der Waals surface area contributed by atoms with Gasteiger partial charge >= 0.3 is 0 Å². The van der Waals surface area contributed by atoms with E-state index in [9.17, 15) is 9.90 Å². The first kappa shape index (κ1) is 16.1. The van der Waals surface area contributed by atoms with E-state index in [1.807, 2.05) is 30.0 Å². The second-order valence-electron chi connectivity index (χ2n) is 6.56. The SMILES string of the molecule is CN(C)c1ccc(C(=O)N2CCN([C@@H]3CCC[C@@H]3O)CC2)nn1. The zero-order valence-electron chi connectivity index (χ0n) is 13.9. The number of amides is 1. The van der Waals surface area contributed by atoms with Crippen molar-refractivity contribution in [2.75, 3.05) is 45.2 Å². The molecule has 7 heteroatoms. The first-order valence-corrected chi connectivity index (χ1v) is 8.28. The van der Waals surface area contributed by atoms with Gasteiger partial charge in [0, 0.05) is 46.3 Å². The Kier molecular flexibility index (Phi) is 4.77. The van der Waals surface area contributed by atoms with E-state index in [1.54, 1.807) is 6.07 Å². The van der Waals surface area contributed by atoms with Crippen molar-refractivity contribution in [3.63, 3.8) is 0 Å². The summed E-state index contributed by atoms with van der Waals surface area (Å²) in [6, 6.07) is 3.81. The number of aromatic nitrogens is 2. The van der Waals surface area contributed by atoms with E-state index in [-0.39, 0.29) is 18.1 Å². The second-order valence-corrected chi connectivity index (χ2v) is 6.56. The fourth-order valence-corrected chi connectivity index (χ4v) is 3.44. The van der Waals surface area contributed by atoms with E-state index in [2.05, 4.69) is 15.1 Å². The Morgan fingerprint density at radius 3 is 2.43 bits per heavy atom. The number of piperazine rings is 1. The fraction of sp³-hybridized carbons (Fsp3) is 0.688. The molecule has 1 saturated heterocycles. The van der Waals surface area contributed by atoms with Crippen molar-refractivity contribution in [2.24, 2.45) is 0 Å².